The smallest absolute Gasteiger partial charge is 0.0990 e. The van der Waals surface area contributed by atoms with Crippen molar-refractivity contribution in [3.05, 3.63) is 0 Å². The van der Waals surface area contributed by atoms with Gasteiger partial charge in [-0.1, -0.05) is 6.92 Å². The fourth-order valence-corrected chi connectivity index (χ4v) is 2.24. The number of aliphatic imine (C=N–C) groups is 1. The third-order valence-corrected chi connectivity index (χ3v) is 3.48. The molecule has 3 N–H and O–H groups in total. The summed E-state index contributed by atoms with van der Waals surface area (Å²) in [5.41, 5.74) is 0. The van der Waals surface area contributed by atoms with Crippen LogP contribution in [-0.2, 0) is 0 Å². The zero-order valence-corrected chi connectivity index (χ0v) is 10.4. The van der Waals surface area contributed by atoms with E-state index in [-0.39, 0.29) is 0 Å². The molecule has 0 aliphatic carbocycles. The fourth-order valence-electron chi connectivity index (χ4n) is 2.24. The molecule has 16 heavy (non-hydrogen) atoms. The quantitative estimate of drug-likeness (QED) is 0.601. The lowest BCUT2D eigenvalue weighted by molar-refractivity contribution is 0.331. The van der Waals surface area contributed by atoms with Gasteiger partial charge in [-0.25, -0.2) is 0 Å². The first-order chi connectivity index (χ1) is 7.74. The standard InChI is InChI=1S/C12H24N4/c1-9-3-4-12(15-5-9)16-8-11-6-13-10(2)14-7-11/h8-15H,3-7H2,1-2H3. The lowest BCUT2D eigenvalue weighted by Gasteiger charge is -2.28. The monoisotopic (exact) mass is 224 g/mol. The minimum atomic E-state index is 0.357. The maximum Gasteiger partial charge on any atom is 0.0990 e. The summed E-state index contributed by atoms with van der Waals surface area (Å²) in [6.45, 7) is 7.64. The SMILES string of the molecule is CC1CCC(N=CC2CNC(C)NC2)NC1. The summed E-state index contributed by atoms with van der Waals surface area (Å²) in [5, 5.41) is 10.3. The van der Waals surface area contributed by atoms with Gasteiger partial charge < -0.3 is 10.6 Å². The third kappa shape index (κ3) is 3.54. The molecule has 0 aromatic rings. The van der Waals surface area contributed by atoms with Gasteiger partial charge in [-0.15, -0.1) is 0 Å². The van der Waals surface area contributed by atoms with Gasteiger partial charge in [0.25, 0.3) is 0 Å². The Balaban J connectivity index is 1.72. The van der Waals surface area contributed by atoms with Gasteiger partial charge in [0.1, 0.15) is 0 Å². The van der Waals surface area contributed by atoms with Crippen LogP contribution in [0.4, 0.5) is 0 Å². The minimum absolute atomic E-state index is 0.357. The predicted octanol–water partition coefficient (Wildman–Crippen LogP) is 0.558. The zero-order valence-electron chi connectivity index (χ0n) is 10.4. The molecule has 2 unspecified atom stereocenters. The van der Waals surface area contributed by atoms with E-state index in [1.807, 2.05) is 0 Å². The van der Waals surface area contributed by atoms with Crippen molar-refractivity contribution in [1.29, 1.82) is 0 Å². The van der Waals surface area contributed by atoms with Gasteiger partial charge in [0.05, 0.1) is 12.3 Å². The normalized spacial score (nSPS) is 41.4. The molecule has 0 amide bonds. The van der Waals surface area contributed by atoms with Crippen LogP contribution in [0.2, 0.25) is 0 Å². The van der Waals surface area contributed by atoms with Crippen LogP contribution in [0, 0.1) is 11.8 Å². The summed E-state index contributed by atoms with van der Waals surface area (Å²) in [7, 11) is 0. The molecule has 92 valence electrons. The van der Waals surface area contributed by atoms with Crippen molar-refractivity contribution < 1.29 is 0 Å². The Hall–Kier alpha value is -0.450. The summed E-state index contributed by atoms with van der Waals surface area (Å²) in [6.07, 6.45) is 5.41. The first kappa shape index (κ1) is 12.0. The Labute approximate surface area is 98.3 Å². The first-order valence-electron chi connectivity index (χ1n) is 6.47. The molecule has 2 aliphatic heterocycles. The van der Waals surface area contributed by atoms with Gasteiger partial charge in [0.2, 0.25) is 0 Å². The molecule has 0 aromatic carbocycles. The molecule has 2 heterocycles. The van der Waals surface area contributed by atoms with Crippen LogP contribution in [0.15, 0.2) is 4.99 Å². The summed E-state index contributed by atoms with van der Waals surface area (Å²) >= 11 is 0. The summed E-state index contributed by atoms with van der Waals surface area (Å²) in [4.78, 5) is 4.65. The molecule has 0 spiro atoms. The van der Waals surface area contributed by atoms with Gasteiger partial charge >= 0.3 is 0 Å². The molecule has 2 aliphatic rings. The van der Waals surface area contributed by atoms with Crippen LogP contribution in [0.25, 0.3) is 0 Å². The number of nitrogens with zero attached hydrogens (tertiary/aromatic N) is 1. The van der Waals surface area contributed by atoms with Gasteiger partial charge in [-0.3, -0.25) is 10.3 Å². The molecule has 0 saturated carbocycles. The van der Waals surface area contributed by atoms with Crippen LogP contribution in [0.5, 0.6) is 0 Å². The van der Waals surface area contributed by atoms with Crippen LogP contribution in [-0.4, -0.2) is 38.2 Å². The highest BCUT2D eigenvalue weighted by atomic mass is 15.1. The lowest BCUT2D eigenvalue weighted by atomic mass is 10.0. The molecule has 2 saturated heterocycles. The fraction of sp³-hybridized carbons (Fsp3) is 0.917. The summed E-state index contributed by atoms with van der Waals surface area (Å²) in [5.74, 6) is 1.35. The van der Waals surface area contributed by atoms with Gasteiger partial charge in [-0.05, 0) is 32.2 Å². The van der Waals surface area contributed by atoms with Gasteiger partial charge in [-0.2, -0.15) is 0 Å². The second-order valence-electron chi connectivity index (χ2n) is 5.20. The molecule has 4 heteroatoms. The summed E-state index contributed by atoms with van der Waals surface area (Å²) < 4.78 is 0. The van der Waals surface area contributed by atoms with E-state index in [0.717, 1.165) is 25.6 Å². The highest BCUT2D eigenvalue weighted by molar-refractivity contribution is 5.61. The number of hydrogen-bond donors (Lipinski definition) is 3. The van der Waals surface area contributed by atoms with Gasteiger partial charge in [0, 0.05) is 25.2 Å². The Morgan fingerprint density at radius 2 is 1.75 bits per heavy atom. The van der Waals surface area contributed by atoms with Crippen molar-refractivity contribution >= 4 is 6.21 Å². The van der Waals surface area contributed by atoms with Crippen molar-refractivity contribution in [2.24, 2.45) is 16.8 Å². The van der Waals surface area contributed by atoms with E-state index >= 15 is 0 Å². The zero-order chi connectivity index (χ0) is 11.4. The van der Waals surface area contributed by atoms with E-state index < -0.39 is 0 Å². The average molecular weight is 224 g/mol. The maximum absolute atomic E-state index is 4.65. The van der Waals surface area contributed by atoms with Crippen LogP contribution >= 0.6 is 0 Å². The highest BCUT2D eigenvalue weighted by Crippen LogP contribution is 2.13. The maximum atomic E-state index is 4.65. The molecule has 4 nitrogen and oxygen atoms in total. The Kier molecular flexibility index (Phi) is 4.32. The molecule has 2 rings (SSSR count). The number of hydrogen-bond acceptors (Lipinski definition) is 4. The lowest BCUT2D eigenvalue weighted by Crippen LogP contribution is -2.51. The predicted molar refractivity (Wildman–Crippen MR) is 67.6 cm³/mol. The van der Waals surface area contributed by atoms with E-state index in [9.17, 15) is 0 Å². The van der Waals surface area contributed by atoms with Crippen molar-refractivity contribution in [2.45, 2.75) is 39.0 Å². The Morgan fingerprint density at radius 1 is 1.00 bits per heavy atom. The molecule has 2 atom stereocenters. The Bertz CT molecular complexity index is 201. The van der Waals surface area contributed by atoms with Gasteiger partial charge in [0.15, 0.2) is 0 Å². The minimum Gasteiger partial charge on any atom is -0.301 e. The Morgan fingerprint density at radius 3 is 2.38 bits per heavy atom. The van der Waals surface area contributed by atoms with Crippen molar-refractivity contribution in [2.75, 3.05) is 19.6 Å². The molecule has 0 bridgehead atoms. The highest BCUT2D eigenvalue weighted by Gasteiger charge is 2.18. The third-order valence-electron chi connectivity index (χ3n) is 3.48. The van der Waals surface area contributed by atoms with E-state index in [2.05, 4.69) is 41.0 Å². The van der Waals surface area contributed by atoms with Crippen molar-refractivity contribution in [1.82, 2.24) is 16.0 Å². The van der Waals surface area contributed by atoms with E-state index in [1.165, 1.54) is 12.8 Å². The first-order valence-corrected chi connectivity index (χ1v) is 6.47. The van der Waals surface area contributed by atoms with Crippen LogP contribution < -0.4 is 16.0 Å². The van der Waals surface area contributed by atoms with Crippen LogP contribution in [0.3, 0.4) is 0 Å². The van der Waals surface area contributed by atoms with Crippen LogP contribution in [0.1, 0.15) is 26.7 Å². The van der Waals surface area contributed by atoms with E-state index in [1.54, 1.807) is 0 Å². The topological polar surface area (TPSA) is 48.5 Å². The average Bonchev–Trinajstić information content (AvgIpc) is 2.30. The molecule has 2 fully saturated rings. The molecular formula is C12H24N4. The number of piperidine rings is 1. The van der Waals surface area contributed by atoms with Crippen molar-refractivity contribution in [3.8, 4) is 0 Å². The summed E-state index contributed by atoms with van der Waals surface area (Å²) in [6, 6.07) is 0. The second-order valence-corrected chi connectivity index (χ2v) is 5.20. The molecule has 0 aromatic heterocycles. The van der Waals surface area contributed by atoms with Crippen molar-refractivity contribution in [3.63, 3.8) is 0 Å². The van der Waals surface area contributed by atoms with E-state index in [4.69, 9.17) is 0 Å². The largest absolute Gasteiger partial charge is 0.301 e. The molecule has 0 radical (unpaired) electrons. The number of rotatable bonds is 2. The van der Waals surface area contributed by atoms with E-state index in [0.29, 0.717) is 18.2 Å². The number of nitrogens with one attached hydrogen (secondary N) is 3. The molecular weight excluding hydrogens is 200 g/mol. The second kappa shape index (κ2) is 5.75.